The molecule has 5 heteroatoms. The first kappa shape index (κ1) is 65.3. The van der Waals surface area contributed by atoms with Gasteiger partial charge in [-0.1, -0.05) is 0 Å². The average Bonchev–Trinajstić information content (AvgIpc) is 0. The van der Waals surface area contributed by atoms with Gasteiger partial charge in [0.2, 0.25) is 0 Å². The van der Waals surface area contributed by atoms with Crippen LogP contribution in [0.2, 0.25) is 0 Å². The van der Waals surface area contributed by atoms with Crippen molar-refractivity contribution >= 4 is 29.6 Å². The van der Waals surface area contributed by atoms with Crippen molar-refractivity contribution < 1.29 is 44.5 Å². The second kappa shape index (κ2) is 38.6. The quantitative estimate of drug-likeness (QED) is 0.427. The number of hydrogen-bond acceptors (Lipinski definition) is 0. The number of rotatable bonds is 0. The zero-order valence-electron chi connectivity index (χ0n) is 1.48. The first-order chi connectivity index (χ1) is 0. The minimum atomic E-state index is 0. The van der Waals surface area contributed by atoms with Crippen molar-refractivity contribution in [3.8, 4) is 0 Å². The van der Waals surface area contributed by atoms with E-state index in [-0.39, 0.29) is 74.1 Å². The molecule has 0 aliphatic rings. The van der Waals surface area contributed by atoms with Crippen LogP contribution in [-0.2, 0) is 44.5 Å². The zero-order valence-corrected chi connectivity index (χ0v) is 3.57. The van der Waals surface area contributed by atoms with Crippen molar-refractivity contribution in [2.24, 2.45) is 0 Å². The van der Waals surface area contributed by atoms with Gasteiger partial charge in [0.25, 0.3) is 0 Å². The Balaban J connectivity index is 0. The fourth-order valence-electron chi connectivity index (χ4n) is 0. The predicted octanol–water partition coefficient (Wildman–Crippen LogP) is -0.891. The average molecular weight is 174 g/mol. The summed E-state index contributed by atoms with van der Waals surface area (Å²) in [6.45, 7) is 0. The van der Waals surface area contributed by atoms with E-state index >= 15 is 0 Å². The maximum absolute atomic E-state index is 0. The van der Waals surface area contributed by atoms with Gasteiger partial charge in [0.15, 0.2) is 0 Å². The summed E-state index contributed by atoms with van der Waals surface area (Å²) in [6.07, 6.45) is 0. The van der Waals surface area contributed by atoms with Gasteiger partial charge in [-0.3, -0.25) is 0 Å². The molecule has 0 amide bonds. The van der Waals surface area contributed by atoms with Crippen molar-refractivity contribution in [1.82, 2.24) is 0 Å². The molecule has 0 rings (SSSR count). The third kappa shape index (κ3) is 24.6. The Labute approximate surface area is 73.4 Å². The summed E-state index contributed by atoms with van der Waals surface area (Å²) < 4.78 is 0. The van der Waals surface area contributed by atoms with Crippen molar-refractivity contribution in [3.05, 3.63) is 0 Å². The third-order valence-corrected chi connectivity index (χ3v) is 0. The van der Waals surface area contributed by atoms with E-state index in [1.165, 1.54) is 0 Å². The van der Waals surface area contributed by atoms with E-state index in [1.54, 1.807) is 0 Å². The fraction of sp³-hybridized carbons (Fsp3) is 0. The molecule has 2 nitrogen and oxygen atoms in total. The smallest absolute Gasteiger partial charge is 0 e. The maximum Gasteiger partial charge on any atom is 0 e. The van der Waals surface area contributed by atoms with Crippen LogP contribution < -0.4 is 0 Å². The zero-order chi connectivity index (χ0) is 0. The Kier molecular flexibility index (Phi) is 505. The van der Waals surface area contributed by atoms with Gasteiger partial charge in [0.05, 0.1) is 0 Å². The molecule has 0 aromatic heterocycles. The Hall–Kier alpha value is 1.93. The second-order valence-electron chi connectivity index (χ2n) is 0. The second-order valence-corrected chi connectivity index (χ2v) is 0. The topological polar surface area (TPSA) is 57.0 Å². The fourth-order valence-corrected chi connectivity index (χ4v) is 0. The van der Waals surface area contributed by atoms with Crippen LogP contribution in [0.4, 0.5) is 0 Å². The van der Waals surface area contributed by atoms with E-state index in [1.807, 2.05) is 0 Å². The number of hydrogen-bond donors (Lipinski definition) is 0. The molecule has 0 unspecified atom stereocenters. The normalized spacial score (nSPS) is 0. The summed E-state index contributed by atoms with van der Waals surface area (Å²) in [5, 5.41) is 0. The van der Waals surface area contributed by atoms with E-state index in [0.717, 1.165) is 0 Å². The van der Waals surface area contributed by atoms with E-state index in [0.29, 0.717) is 0 Å². The summed E-state index contributed by atoms with van der Waals surface area (Å²) in [7, 11) is 0. The van der Waals surface area contributed by atoms with E-state index in [2.05, 4.69) is 0 Å². The molecule has 0 saturated heterocycles. The van der Waals surface area contributed by atoms with Crippen LogP contribution in [0.15, 0.2) is 0 Å². The first-order valence-corrected chi connectivity index (χ1v) is 0. The molecular weight excluding hydrogens is 173 g/mol. The Bertz CT molecular complexity index is 7.61. The van der Waals surface area contributed by atoms with Crippen molar-refractivity contribution in [2.75, 3.05) is 0 Å². The Morgan fingerprint density at radius 3 is 0.600 bits per heavy atom. The van der Waals surface area contributed by atoms with E-state index in [4.69, 9.17) is 0 Å². The first-order valence-electron chi connectivity index (χ1n) is 0. The standard InChI is InChI=1S/2Co.Na.2O.H. The van der Waals surface area contributed by atoms with Gasteiger partial charge in [-0.2, -0.15) is 0 Å². The molecule has 6 radical (unpaired) electrons. The molecule has 0 bridgehead atoms. The van der Waals surface area contributed by atoms with Crippen LogP contribution in [0.5, 0.6) is 0 Å². The van der Waals surface area contributed by atoms with Gasteiger partial charge < -0.3 is 0 Å². The van der Waals surface area contributed by atoms with Gasteiger partial charge in [0, 0.05) is 44.5 Å². The summed E-state index contributed by atoms with van der Waals surface area (Å²) in [5.74, 6) is 0. The third-order valence-electron chi connectivity index (χ3n) is 0. The van der Waals surface area contributed by atoms with Crippen LogP contribution in [0.3, 0.4) is 0 Å². The van der Waals surface area contributed by atoms with Gasteiger partial charge in [-0.05, 0) is 0 Å². The minimum absolute atomic E-state index is 0. The molecule has 0 N–H and O–H groups in total. The Morgan fingerprint density at radius 1 is 0.600 bits per heavy atom. The van der Waals surface area contributed by atoms with Crippen LogP contribution in [-0.4, -0.2) is 29.6 Å². The summed E-state index contributed by atoms with van der Waals surface area (Å²) in [5.41, 5.74) is 0. The summed E-state index contributed by atoms with van der Waals surface area (Å²) in [6, 6.07) is 0. The molecular formula is HCo2NaO2. The molecule has 0 fully saturated rings. The molecule has 0 aliphatic heterocycles. The minimum Gasteiger partial charge on any atom is 0 e. The summed E-state index contributed by atoms with van der Waals surface area (Å²) >= 11 is 0. The molecule has 5 heavy (non-hydrogen) atoms. The van der Waals surface area contributed by atoms with E-state index < -0.39 is 0 Å². The molecule has 0 atom stereocenters. The van der Waals surface area contributed by atoms with Crippen LogP contribution in [0, 0.1) is 0 Å². The van der Waals surface area contributed by atoms with Crippen LogP contribution >= 0.6 is 0 Å². The SMILES string of the molecule is [Co].[Co].[NaH].[O].[O]. The molecule has 0 saturated carbocycles. The van der Waals surface area contributed by atoms with E-state index in [9.17, 15) is 0 Å². The summed E-state index contributed by atoms with van der Waals surface area (Å²) in [4.78, 5) is 0. The van der Waals surface area contributed by atoms with Gasteiger partial charge in [0.1, 0.15) is 0 Å². The van der Waals surface area contributed by atoms with Gasteiger partial charge >= 0.3 is 29.6 Å². The van der Waals surface area contributed by atoms with Crippen LogP contribution in [0.25, 0.3) is 0 Å². The maximum atomic E-state index is 0. The molecule has 0 aliphatic carbocycles. The van der Waals surface area contributed by atoms with Crippen molar-refractivity contribution in [3.63, 3.8) is 0 Å². The molecule has 0 aromatic rings. The van der Waals surface area contributed by atoms with Gasteiger partial charge in [-0.25, -0.2) is 0 Å². The van der Waals surface area contributed by atoms with Crippen molar-refractivity contribution in [2.45, 2.75) is 0 Å². The molecule has 0 aromatic carbocycles. The Morgan fingerprint density at radius 2 is 0.600 bits per heavy atom. The van der Waals surface area contributed by atoms with Crippen LogP contribution in [0.1, 0.15) is 0 Å². The molecule has 32 valence electrons. The molecule has 0 heterocycles. The monoisotopic (exact) mass is 174 g/mol. The van der Waals surface area contributed by atoms with Crippen molar-refractivity contribution in [1.29, 1.82) is 0 Å². The largest absolute Gasteiger partial charge is 0 e. The predicted molar refractivity (Wildman–Crippen MR) is 8.52 cm³/mol. The molecule has 0 spiro atoms. The van der Waals surface area contributed by atoms with Gasteiger partial charge in [-0.15, -0.1) is 0 Å².